The number of aliphatic hydroxyl groups is 1. The van der Waals surface area contributed by atoms with Gasteiger partial charge in [-0.15, -0.1) is 0 Å². The monoisotopic (exact) mass is 348 g/mol. The van der Waals surface area contributed by atoms with Gasteiger partial charge in [0.05, 0.1) is 12.2 Å². The fourth-order valence-corrected chi connectivity index (χ4v) is 3.14. The molecule has 0 radical (unpaired) electrons. The maximum Gasteiger partial charge on any atom is 0.416 e. The predicted octanol–water partition coefficient (Wildman–Crippen LogP) is 4.31. The Kier molecular flexibility index (Phi) is 4.37. The summed E-state index contributed by atoms with van der Waals surface area (Å²) in [5, 5.41) is 10.7. The first-order valence-electron chi connectivity index (χ1n) is 7.47. The Morgan fingerprint density at radius 2 is 1.87 bits per heavy atom. The topological polar surface area (TPSA) is 38.7 Å². The van der Waals surface area contributed by atoms with E-state index >= 15 is 0 Å². The highest BCUT2D eigenvalue weighted by Gasteiger charge is 2.45. The normalized spacial score (nSPS) is 22.0. The molecule has 0 bridgehead atoms. The summed E-state index contributed by atoms with van der Waals surface area (Å²) in [6, 6.07) is 3.17. The third-order valence-electron chi connectivity index (χ3n) is 4.75. The minimum atomic E-state index is -4.46. The van der Waals surface area contributed by atoms with Crippen LogP contribution >= 0.6 is 0 Å². The summed E-state index contributed by atoms with van der Waals surface area (Å²) in [7, 11) is -2.13. The highest BCUT2D eigenvalue weighted by atomic mass is 28.4. The maximum absolute atomic E-state index is 12.9. The van der Waals surface area contributed by atoms with Crippen molar-refractivity contribution in [3.63, 3.8) is 0 Å². The molecule has 0 aromatic heterocycles. The lowest BCUT2D eigenvalue weighted by Gasteiger charge is -2.38. The van der Waals surface area contributed by atoms with E-state index in [9.17, 15) is 18.3 Å². The first-order chi connectivity index (χ1) is 10.3. The van der Waals surface area contributed by atoms with Crippen LogP contribution in [0.1, 0.15) is 31.9 Å². The van der Waals surface area contributed by atoms with E-state index < -0.39 is 25.7 Å². The number of halogens is 3. The van der Waals surface area contributed by atoms with Gasteiger partial charge in [0.15, 0.2) is 8.32 Å². The van der Waals surface area contributed by atoms with Gasteiger partial charge < -0.3 is 14.3 Å². The lowest BCUT2D eigenvalue weighted by Crippen LogP contribution is -2.45. The Morgan fingerprint density at radius 3 is 2.39 bits per heavy atom. The van der Waals surface area contributed by atoms with Crippen LogP contribution in [0.4, 0.5) is 13.2 Å². The van der Waals surface area contributed by atoms with Crippen LogP contribution in [0.15, 0.2) is 18.2 Å². The molecule has 1 N–H and O–H groups in total. The summed E-state index contributed by atoms with van der Waals surface area (Å²) in [6.07, 6.45) is -4.46. The van der Waals surface area contributed by atoms with Gasteiger partial charge >= 0.3 is 6.18 Å². The molecule has 0 fully saturated rings. The Balaban J connectivity index is 2.27. The van der Waals surface area contributed by atoms with E-state index in [1.54, 1.807) is 0 Å². The van der Waals surface area contributed by atoms with Gasteiger partial charge in [-0.3, -0.25) is 0 Å². The smallest absolute Gasteiger partial charge is 0.416 e. The third kappa shape index (κ3) is 3.56. The fourth-order valence-electron chi connectivity index (χ4n) is 2.11. The molecule has 3 nitrogen and oxygen atoms in total. The molecule has 23 heavy (non-hydrogen) atoms. The van der Waals surface area contributed by atoms with Crippen LogP contribution < -0.4 is 4.74 Å². The van der Waals surface area contributed by atoms with E-state index in [1.165, 1.54) is 6.07 Å². The molecule has 7 heteroatoms. The van der Waals surface area contributed by atoms with Crippen LogP contribution in [0, 0.1) is 0 Å². The molecule has 1 aliphatic heterocycles. The third-order valence-corrected chi connectivity index (χ3v) is 9.23. The van der Waals surface area contributed by atoms with Crippen molar-refractivity contribution in [2.24, 2.45) is 0 Å². The molecule has 1 aromatic carbocycles. The molecule has 0 spiro atoms. The standard InChI is InChI=1S/C16H23F3O3Si/c1-14(2,3)23(4,5)22-10-15(20)9-21-13-7-6-11(8-12(13)15)16(17,18)19/h6-8,20H,9-10H2,1-5H3/t15-/m0/s1. The quantitative estimate of drug-likeness (QED) is 0.828. The SMILES string of the molecule is CC(C)(C)[Si](C)(C)OC[C@@]1(O)COc2ccc(C(F)(F)F)cc21. The first-order valence-corrected chi connectivity index (χ1v) is 10.4. The molecule has 0 unspecified atom stereocenters. The number of alkyl halides is 3. The van der Waals surface area contributed by atoms with Crippen molar-refractivity contribution in [2.45, 2.75) is 50.7 Å². The van der Waals surface area contributed by atoms with Gasteiger partial charge in [0.25, 0.3) is 0 Å². The molecule has 0 saturated heterocycles. The van der Waals surface area contributed by atoms with Gasteiger partial charge in [-0.1, -0.05) is 20.8 Å². The zero-order valence-electron chi connectivity index (χ0n) is 14.0. The van der Waals surface area contributed by atoms with E-state index in [1.807, 2.05) is 13.1 Å². The van der Waals surface area contributed by atoms with Gasteiger partial charge in [-0.25, -0.2) is 0 Å². The van der Waals surface area contributed by atoms with Crippen molar-refractivity contribution < 1.29 is 27.4 Å². The first kappa shape index (κ1) is 18.3. The second kappa shape index (κ2) is 5.49. The van der Waals surface area contributed by atoms with E-state index in [0.717, 1.165) is 12.1 Å². The number of ether oxygens (including phenoxy) is 1. The van der Waals surface area contributed by atoms with Crippen LogP contribution in [0.2, 0.25) is 18.1 Å². The van der Waals surface area contributed by atoms with E-state index in [0.29, 0.717) is 0 Å². The molecule has 1 aliphatic rings. The molecule has 0 saturated carbocycles. The second-order valence-electron chi connectivity index (χ2n) is 7.58. The average molecular weight is 348 g/mol. The Morgan fingerprint density at radius 1 is 1.26 bits per heavy atom. The fraction of sp³-hybridized carbons (Fsp3) is 0.625. The van der Waals surface area contributed by atoms with Gasteiger partial charge in [-0.2, -0.15) is 13.2 Å². The van der Waals surface area contributed by atoms with Crippen LogP contribution in [0.3, 0.4) is 0 Å². The lowest BCUT2D eigenvalue weighted by atomic mass is 9.95. The van der Waals surface area contributed by atoms with Crippen molar-refractivity contribution in [2.75, 3.05) is 13.2 Å². The molecule has 1 atom stereocenters. The van der Waals surface area contributed by atoms with Gasteiger partial charge in [0.2, 0.25) is 0 Å². The van der Waals surface area contributed by atoms with Gasteiger partial charge in [0.1, 0.15) is 18.0 Å². The van der Waals surface area contributed by atoms with Crippen molar-refractivity contribution in [3.05, 3.63) is 29.3 Å². The van der Waals surface area contributed by atoms with Crippen LogP contribution in [-0.2, 0) is 16.2 Å². The molecular weight excluding hydrogens is 325 g/mol. The van der Waals surface area contributed by atoms with Crippen molar-refractivity contribution in [1.82, 2.24) is 0 Å². The van der Waals surface area contributed by atoms with E-state index in [4.69, 9.17) is 9.16 Å². The highest BCUT2D eigenvalue weighted by Crippen LogP contribution is 2.43. The van der Waals surface area contributed by atoms with E-state index in [2.05, 4.69) is 20.8 Å². The van der Waals surface area contributed by atoms with Crippen molar-refractivity contribution in [1.29, 1.82) is 0 Å². The highest BCUT2D eigenvalue weighted by molar-refractivity contribution is 6.74. The Bertz CT molecular complexity index is 593. The molecule has 1 aromatic rings. The minimum absolute atomic E-state index is 0.0561. The summed E-state index contributed by atoms with van der Waals surface area (Å²) in [6.45, 7) is 10.1. The molecule has 0 amide bonds. The number of hydrogen-bond acceptors (Lipinski definition) is 3. The van der Waals surface area contributed by atoms with Gasteiger partial charge in [0, 0.05) is 5.56 Å². The summed E-state index contributed by atoms with van der Waals surface area (Å²) in [5.41, 5.74) is -2.20. The lowest BCUT2D eigenvalue weighted by molar-refractivity contribution is -0.137. The van der Waals surface area contributed by atoms with Crippen molar-refractivity contribution in [3.8, 4) is 5.75 Å². The number of rotatable bonds is 3. The second-order valence-corrected chi connectivity index (χ2v) is 12.4. The van der Waals surface area contributed by atoms with E-state index in [-0.39, 0.29) is 29.6 Å². The molecule has 1 heterocycles. The largest absolute Gasteiger partial charge is 0.490 e. The van der Waals surface area contributed by atoms with Crippen molar-refractivity contribution >= 4 is 8.32 Å². The average Bonchev–Trinajstić information content (AvgIpc) is 2.72. The zero-order valence-corrected chi connectivity index (χ0v) is 15.0. The van der Waals surface area contributed by atoms with Gasteiger partial charge in [-0.05, 0) is 36.3 Å². The molecule has 130 valence electrons. The number of hydrogen-bond donors (Lipinski definition) is 1. The predicted molar refractivity (Wildman–Crippen MR) is 84.0 cm³/mol. The van der Waals surface area contributed by atoms with Crippen LogP contribution in [-0.4, -0.2) is 26.6 Å². The van der Waals surface area contributed by atoms with Crippen LogP contribution in [0.5, 0.6) is 5.75 Å². The summed E-state index contributed by atoms with van der Waals surface area (Å²) in [5.74, 6) is 0.277. The minimum Gasteiger partial charge on any atom is -0.490 e. The number of benzene rings is 1. The Labute approximate surface area is 135 Å². The zero-order chi connectivity index (χ0) is 17.7. The molecule has 2 rings (SSSR count). The summed E-state index contributed by atoms with van der Waals surface area (Å²) >= 11 is 0. The maximum atomic E-state index is 12.9. The summed E-state index contributed by atoms with van der Waals surface area (Å²) < 4.78 is 50.0. The molecular formula is C16H23F3O3Si. The number of fused-ring (bicyclic) bond motifs is 1. The molecule has 0 aliphatic carbocycles. The summed E-state index contributed by atoms with van der Waals surface area (Å²) in [4.78, 5) is 0. The van der Waals surface area contributed by atoms with Crippen LogP contribution in [0.25, 0.3) is 0 Å². The Hall–Kier alpha value is -1.05.